The maximum atomic E-state index is 13.8. The number of carbonyl (C=O) groups is 1. The van der Waals surface area contributed by atoms with E-state index in [1.807, 2.05) is 6.07 Å². The Bertz CT molecular complexity index is 1480. The molecule has 1 saturated heterocycles. The number of sulfonamides is 1. The molecule has 0 N–H and O–H groups in total. The molecule has 1 fully saturated rings. The van der Waals surface area contributed by atoms with E-state index in [4.69, 9.17) is 18.7 Å². The van der Waals surface area contributed by atoms with Crippen LogP contribution in [0.5, 0.6) is 11.5 Å². The minimum absolute atomic E-state index is 0.0332. The fourth-order valence-electron chi connectivity index (χ4n) is 4.98. The van der Waals surface area contributed by atoms with E-state index in [9.17, 15) is 17.6 Å². The monoisotopic (exact) mass is 571 g/mol. The van der Waals surface area contributed by atoms with Crippen molar-refractivity contribution in [3.63, 3.8) is 0 Å². The number of rotatable bonds is 9. The molecule has 0 atom stereocenters. The molecular formula is C28H30FN3O7S. The summed E-state index contributed by atoms with van der Waals surface area (Å²) in [5.74, 6) is 1.01. The zero-order chi connectivity index (χ0) is 28.3. The van der Waals surface area contributed by atoms with Gasteiger partial charge in [0.2, 0.25) is 10.0 Å². The summed E-state index contributed by atoms with van der Waals surface area (Å²) in [5.41, 5.74) is 0.225. The predicted octanol–water partition coefficient (Wildman–Crippen LogP) is 3.96. The standard InChI is InChI=1S/C28H30FN3O7S/c1-36-22-7-10-26(37-2)20(16-22)18-31(19-23-4-3-15-38-23)27(33)25-17-28(39-30-25)11-13-32(14-12-28)40(34,35)24-8-5-21(29)6-9-24/h3-10,15-16H,11-14,17-19H2,1-2H3. The summed E-state index contributed by atoms with van der Waals surface area (Å²) >= 11 is 0. The minimum Gasteiger partial charge on any atom is -0.497 e. The largest absolute Gasteiger partial charge is 0.497 e. The van der Waals surface area contributed by atoms with Crippen LogP contribution in [0.25, 0.3) is 0 Å². The van der Waals surface area contributed by atoms with E-state index in [0.717, 1.165) is 17.7 Å². The van der Waals surface area contributed by atoms with Gasteiger partial charge in [-0.3, -0.25) is 4.79 Å². The first kappa shape index (κ1) is 27.7. The van der Waals surface area contributed by atoms with E-state index in [2.05, 4.69) is 5.16 Å². The lowest BCUT2D eigenvalue weighted by Crippen LogP contribution is -2.47. The lowest BCUT2D eigenvalue weighted by molar-refractivity contribution is -0.125. The number of amides is 1. The molecule has 1 amide bonds. The maximum Gasteiger partial charge on any atom is 0.272 e. The van der Waals surface area contributed by atoms with Crippen LogP contribution in [0.15, 0.2) is 75.3 Å². The topological polar surface area (TPSA) is 111 Å². The van der Waals surface area contributed by atoms with Gasteiger partial charge in [0.05, 0.1) is 38.5 Å². The van der Waals surface area contributed by atoms with Crippen LogP contribution in [-0.2, 0) is 32.7 Å². The number of benzene rings is 2. The van der Waals surface area contributed by atoms with Crippen LogP contribution in [-0.4, -0.2) is 62.2 Å². The van der Waals surface area contributed by atoms with Crippen LogP contribution in [0.1, 0.15) is 30.6 Å². The molecule has 3 aromatic rings. The van der Waals surface area contributed by atoms with E-state index in [0.29, 0.717) is 30.1 Å². The van der Waals surface area contributed by atoms with Gasteiger partial charge in [-0.1, -0.05) is 5.16 Å². The molecule has 10 nitrogen and oxygen atoms in total. The lowest BCUT2D eigenvalue weighted by Gasteiger charge is -2.36. The molecule has 0 bridgehead atoms. The number of oxime groups is 1. The number of nitrogens with zero attached hydrogens (tertiary/aromatic N) is 3. The molecule has 0 saturated carbocycles. The highest BCUT2D eigenvalue weighted by Crippen LogP contribution is 2.37. The third-order valence-electron chi connectivity index (χ3n) is 7.23. The molecule has 2 aliphatic heterocycles. The molecule has 3 heterocycles. The van der Waals surface area contributed by atoms with Gasteiger partial charge >= 0.3 is 0 Å². The van der Waals surface area contributed by atoms with Crippen molar-refractivity contribution in [2.45, 2.75) is 42.8 Å². The zero-order valence-electron chi connectivity index (χ0n) is 22.2. The van der Waals surface area contributed by atoms with Gasteiger partial charge in [-0.2, -0.15) is 4.31 Å². The van der Waals surface area contributed by atoms with Crippen molar-refractivity contribution in [1.29, 1.82) is 0 Å². The first-order valence-electron chi connectivity index (χ1n) is 12.8. The second kappa shape index (κ2) is 11.3. The van der Waals surface area contributed by atoms with Gasteiger partial charge in [-0.15, -0.1) is 0 Å². The molecule has 40 heavy (non-hydrogen) atoms. The highest BCUT2D eigenvalue weighted by atomic mass is 32.2. The number of piperidine rings is 1. The number of methoxy groups -OCH3 is 2. The Morgan fingerprint density at radius 3 is 2.48 bits per heavy atom. The van der Waals surface area contributed by atoms with E-state index >= 15 is 0 Å². The first-order chi connectivity index (χ1) is 19.2. The molecule has 1 aromatic heterocycles. The van der Waals surface area contributed by atoms with Crippen molar-refractivity contribution < 1.29 is 36.3 Å². The quantitative estimate of drug-likeness (QED) is 0.382. The predicted molar refractivity (Wildman–Crippen MR) is 143 cm³/mol. The summed E-state index contributed by atoms with van der Waals surface area (Å²) in [6, 6.07) is 13.7. The normalized spacial score (nSPS) is 16.8. The summed E-state index contributed by atoms with van der Waals surface area (Å²) in [6.45, 7) is 0.777. The smallest absolute Gasteiger partial charge is 0.272 e. The van der Waals surface area contributed by atoms with Crippen molar-refractivity contribution in [2.75, 3.05) is 27.3 Å². The molecule has 0 unspecified atom stereocenters. The van der Waals surface area contributed by atoms with Gasteiger partial charge in [0, 0.05) is 37.9 Å². The van der Waals surface area contributed by atoms with Crippen molar-refractivity contribution in [3.8, 4) is 11.5 Å². The number of halogens is 1. The van der Waals surface area contributed by atoms with Gasteiger partial charge in [-0.25, -0.2) is 12.8 Å². The molecule has 2 aromatic carbocycles. The second-order valence-electron chi connectivity index (χ2n) is 9.77. The Kier molecular flexibility index (Phi) is 7.81. The van der Waals surface area contributed by atoms with Crippen molar-refractivity contribution in [1.82, 2.24) is 9.21 Å². The second-order valence-corrected chi connectivity index (χ2v) is 11.7. The van der Waals surface area contributed by atoms with Crippen LogP contribution in [0, 0.1) is 5.82 Å². The summed E-state index contributed by atoms with van der Waals surface area (Å²) in [4.78, 5) is 21.2. The fourth-order valence-corrected chi connectivity index (χ4v) is 6.42. The van der Waals surface area contributed by atoms with Crippen LogP contribution < -0.4 is 9.47 Å². The molecule has 2 aliphatic rings. The van der Waals surface area contributed by atoms with Gasteiger partial charge in [0.25, 0.3) is 5.91 Å². The van der Waals surface area contributed by atoms with Crippen molar-refractivity contribution in [2.24, 2.45) is 5.16 Å². The van der Waals surface area contributed by atoms with Gasteiger partial charge in [-0.05, 0) is 54.6 Å². The van der Waals surface area contributed by atoms with Crippen LogP contribution in [0.2, 0.25) is 0 Å². The lowest BCUT2D eigenvalue weighted by atomic mass is 9.87. The van der Waals surface area contributed by atoms with E-state index in [1.165, 1.54) is 16.4 Å². The maximum absolute atomic E-state index is 13.8. The Labute approximate surface area is 232 Å². The van der Waals surface area contributed by atoms with Crippen molar-refractivity contribution >= 4 is 21.6 Å². The average Bonchev–Trinajstić information content (AvgIpc) is 3.63. The summed E-state index contributed by atoms with van der Waals surface area (Å²) in [6.07, 6.45) is 2.51. The van der Waals surface area contributed by atoms with Crippen LogP contribution >= 0.6 is 0 Å². The third-order valence-corrected chi connectivity index (χ3v) is 9.15. The van der Waals surface area contributed by atoms with Crippen LogP contribution in [0.3, 0.4) is 0 Å². The molecule has 5 rings (SSSR count). The van der Waals surface area contributed by atoms with Crippen LogP contribution in [0.4, 0.5) is 4.39 Å². The van der Waals surface area contributed by atoms with Gasteiger partial charge in [0.1, 0.15) is 34.4 Å². The SMILES string of the molecule is COc1ccc(OC)c(CN(Cc2ccco2)C(=O)C2=NOC3(CCN(S(=O)(=O)c4ccc(F)cc4)CC3)C2)c1. The Morgan fingerprint density at radius 2 is 1.82 bits per heavy atom. The number of furan rings is 1. The molecule has 212 valence electrons. The Morgan fingerprint density at radius 1 is 1.07 bits per heavy atom. The highest BCUT2D eigenvalue weighted by Gasteiger charge is 2.46. The number of hydrogen-bond donors (Lipinski definition) is 0. The van der Waals surface area contributed by atoms with Crippen molar-refractivity contribution in [3.05, 3.63) is 78.0 Å². The Balaban J connectivity index is 1.29. The fraction of sp³-hybridized carbons (Fsp3) is 0.357. The van der Waals surface area contributed by atoms with Gasteiger partial charge in [0.15, 0.2) is 0 Å². The average molecular weight is 572 g/mol. The third kappa shape index (κ3) is 5.68. The van der Waals surface area contributed by atoms with E-state index < -0.39 is 21.4 Å². The molecule has 0 radical (unpaired) electrons. The minimum atomic E-state index is -3.78. The Hall–Kier alpha value is -3.90. The van der Waals surface area contributed by atoms with E-state index in [1.54, 1.807) is 49.6 Å². The first-order valence-corrected chi connectivity index (χ1v) is 14.2. The molecule has 1 spiro atoms. The summed E-state index contributed by atoms with van der Waals surface area (Å²) in [7, 11) is -0.650. The molecule has 0 aliphatic carbocycles. The number of ether oxygens (including phenoxy) is 2. The molecular weight excluding hydrogens is 541 g/mol. The summed E-state index contributed by atoms with van der Waals surface area (Å²) in [5, 5.41) is 4.17. The number of hydrogen-bond acceptors (Lipinski definition) is 8. The molecule has 12 heteroatoms. The highest BCUT2D eigenvalue weighted by molar-refractivity contribution is 7.89. The van der Waals surface area contributed by atoms with E-state index in [-0.39, 0.29) is 49.1 Å². The van der Waals surface area contributed by atoms with Gasteiger partial charge < -0.3 is 23.6 Å². The number of carbonyl (C=O) groups excluding carboxylic acids is 1. The summed E-state index contributed by atoms with van der Waals surface area (Å²) < 4.78 is 57.1. The zero-order valence-corrected chi connectivity index (χ0v) is 23.0.